The van der Waals surface area contributed by atoms with Crippen molar-refractivity contribution in [2.75, 3.05) is 13.1 Å². The lowest BCUT2D eigenvalue weighted by atomic mass is 9.78. The summed E-state index contributed by atoms with van der Waals surface area (Å²) in [4.78, 5) is 40.8. The number of amides is 3. The molecule has 0 bridgehead atoms. The number of nitrogens with one attached hydrogen (secondary N) is 1. The second-order valence-corrected chi connectivity index (χ2v) is 9.47. The number of phenolic OH excluding ortho intramolecular Hbond substituents is 1. The van der Waals surface area contributed by atoms with Gasteiger partial charge in [-0.25, -0.2) is 8.78 Å². The summed E-state index contributed by atoms with van der Waals surface area (Å²) >= 11 is 0. The molecule has 3 amide bonds. The van der Waals surface area contributed by atoms with Gasteiger partial charge in [0.05, 0.1) is 12.6 Å². The molecule has 2 fully saturated rings. The molecule has 192 valence electrons. The summed E-state index contributed by atoms with van der Waals surface area (Å²) in [7, 11) is 0. The molecule has 0 radical (unpaired) electrons. The van der Waals surface area contributed by atoms with Crippen molar-refractivity contribution in [1.29, 1.82) is 0 Å². The maximum Gasteiger partial charge on any atom is 0.290 e. The Morgan fingerprint density at radius 2 is 1.83 bits per heavy atom. The smallest absolute Gasteiger partial charge is 0.290 e. The molecule has 36 heavy (non-hydrogen) atoms. The SMILES string of the molecule is CCN1C(=O)[C@H]2N(C(=O)[C@@H](O)[C@H](Cc3ccccc3)NC(=O)c3cccc(O)c3C)CC(F)(F)C21C. The number of benzene rings is 2. The van der Waals surface area contributed by atoms with Crippen LogP contribution in [0.2, 0.25) is 0 Å². The molecule has 2 saturated heterocycles. The van der Waals surface area contributed by atoms with Crippen molar-refractivity contribution in [3.63, 3.8) is 0 Å². The van der Waals surface area contributed by atoms with Gasteiger partial charge >= 0.3 is 0 Å². The first kappa shape index (κ1) is 25.6. The molecule has 4 atom stereocenters. The van der Waals surface area contributed by atoms with Crippen molar-refractivity contribution in [3.05, 3.63) is 65.2 Å². The van der Waals surface area contributed by atoms with Gasteiger partial charge in [0.25, 0.3) is 17.7 Å². The monoisotopic (exact) mass is 501 g/mol. The molecular weight excluding hydrogens is 472 g/mol. The Labute approximate surface area is 207 Å². The third-order valence-corrected chi connectivity index (χ3v) is 7.41. The summed E-state index contributed by atoms with van der Waals surface area (Å²) in [5.74, 6) is -5.77. The topological polar surface area (TPSA) is 110 Å². The first-order valence-corrected chi connectivity index (χ1v) is 11.7. The molecule has 3 N–H and O–H groups in total. The quantitative estimate of drug-likeness (QED) is 0.502. The Morgan fingerprint density at radius 3 is 2.47 bits per heavy atom. The molecule has 2 aliphatic rings. The fraction of sp³-hybridized carbons (Fsp3) is 0.423. The summed E-state index contributed by atoms with van der Waals surface area (Å²) in [6, 6.07) is 10.6. The second-order valence-electron chi connectivity index (χ2n) is 9.47. The van der Waals surface area contributed by atoms with Crippen LogP contribution in [0.15, 0.2) is 48.5 Å². The highest BCUT2D eigenvalue weighted by Gasteiger charge is 2.77. The Balaban J connectivity index is 1.62. The number of hydrogen-bond acceptors (Lipinski definition) is 5. The largest absolute Gasteiger partial charge is 0.508 e. The standard InChI is InChI=1S/C26H29F2N3O5/c1-4-31-24(36)21-25(31,3)26(27,28)14-30(21)23(35)20(33)18(13-16-9-6-5-7-10-16)29-22(34)17-11-8-12-19(32)15(17)2/h5-12,18,20-21,32-33H,4,13-14H2,1-3H3,(H,29,34)/t18-,20-,21+,25?/m0/s1. The van der Waals surface area contributed by atoms with E-state index in [-0.39, 0.29) is 24.3 Å². The van der Waals surface area contributed by atoms with Gasteiger partial charge in [0, 0.05) is 17.7 Å². The third kappa shape index (κ3) is 3.89. The van der Waals surface area contributed by atoms with Crippen LogP contribution in [0.1, 0.15) is 35.3 Å². The molecule has 1 unspecified atom stereocenters. The Bertz CT molecular complexity index is 1190. The van der Waals surface area contributed by atoms with E-state index in [9.17, 15) is 24.6 Å². The van der Waals surface area contributed by atoms with Gasteiger partial charge in [-0.1, -0.05) is 36.4 Å². The number of likely N-dealkylation sites (N-methyl/N-ethyl adjacent to an activating group) is 1. The average molecular weight is 502 g/mol. The van der Waals surface area contributed by atoms with E-state index < -0.39 is 53.9 Å². The summed E-state index contributed by atoms with van der Waals surface area (Å²) < 4.78 is 30.0. The molecular formula is C26H29F2N3O5. The van der Waals surface area contributed by atoms with Crippen molar-refractivity contribution >= 4 is 17.7 Å². The third-order valence-electron chi connectivity index (χ3n) is 7.41. The predicted molar refractivity (Wildman–Crippen MR) is 126 cm³/mol. The average Bonchev–Trinajstić information content (AvgIpc) is 3.03. The molecule has 2 aliphatic heterocycles. The lowest BCUT2D eigenvalue weighted by molar-refractivity contribution is -0.190. The van der Waals surface area contributed by atoms with Crippen LogP contribution >= 0.6 is 0 Å². The zero-order chi connectivity index (χ0) is 26.4. The van der Waals surface area contributed by atoms with E-state index in [1.54, 1.807) is 44.2 Å². The molecule has 2 heterocycles. The maximum atomic E-state index is 15.0. The molecule has 2 aromatic rings. The number of hydrogen-bond donors (Lipinski definition) is 3. The van der Waals surface area contributed by atoms with E-state index in [2.05, 4.69) is 5.32 Å². The highest BCUT2D eigenvalue weighted by atomic mass is 19.3. The minimum Gasteiger partial charge on any atom is -0.508 e. The predicted octanol–water partition coefficient (Wildman–Crippen LogP) is 1.87. The lowest BCUT2D eigenvalue weighted by Crippen LogP contribution is -2.78. The Morgan fingerprint density at radius 1 is 1.17 bits per heavy atom. The number of rotatable bonds is 7. The summed E-state index contributed by atoms with van der Waals surface area (Å²) in [5, 5.41) is 23.7. The first-order valence-electron chi connectivity index (χ1n) is 11.7. The van der Waals surface area contributed by atoms with Crippen LogP contribution in [-0.2, 0) is 16.0 Å². The Kier molecular flexibility index (Phi) is 6.51. The van der Waals surface area contributed by atoms with E-state index in [0.717, 1.165) is 9.80 Å². The number of carbonyl (C=O) groups is 3. The number of halogens is 2. The second kappa shape index (κ2) is 9.16. The molecule has 4 rings (SSSR count). The number of carbonyl (C=O) groups excluding carboxylic acids is 3. The first-order chi connectivity index (χ1) is 16.9. The zero-order valence-corrected chi connectivity index (χ0v) is 20.2. The summed E-state index contributed by atoms with van der Waals surface area (Å²) in [6.45, 7) is 3.44. The number of alkyl halides is 2. The summed E-state index contributed by atoms with van der Waals surface area (Å²) in [6.07, 6.45) is -1.87. The van der Waals surface area contributed by atoms with E-state index >= 15 is 8.78 Å². The number of fused-ring (bicyclic) bond motifs is 1. The molecule has 0 aromatic heterocycles. The van der Waals surface area contributed by atoms with Crippen LogP contribution in [-0.4, -0.2) is 80.5 Å². The number of phenols is 1. The number of aromatic hydroxyl groups is 1. The van der Waals surface area contributed by atoms with Crippen LogP contribution in [0, 0.1) is 6.92 Å². The van der Waals surface area contributed by atoms with Crippen LogP contribution < -0.4 is 5.32 Å². The number of nitrogens with zero attached hydrogens (tertiary/aromatic N) is 2. The van der Waals surface area contributed by atoms with Gasteiger partial charge in [-0.15, -0.1) is 0 Å². The van der Waals surface area contributed by atoms with Crippen LogP contribution in [0.3, 0.4) is 0 Å². The van der Waals surface area contributed by atoms with Crippen LogP contribution in [0.5, 0.6) is 5.75 Å². The van der Waals surface area contributed by atoms with E-state index in [1.807, 2.05) is 0 Å². The highest BCUT2D eigenvalue weighted by Crippen LogP contribution is 2.52. The molecule has 0 saturated carbocycles. The van der Waals surface area contributed by atoms with Gasteiger partial charge in [-0.2, -0.15) is 0 Å². The van der Waals surface area contributed by atoms with Crippen molar-refractivity contribution in [1.82, 2.24) is 15.1 Å². The molecule has 8 nitrogen and oxygen atoms in total. The highest BCUT2D eigenvalue weighted by molar-refractivity contribution is 5.99. The van der Waals surface area contributed by atoms with Crippen LogP contribution in [0.25, 0.3) is 0 Å². The van der Waals surface area contributed by atoms with Gasteiger partial charge < -0.3 is 25.3 Å². The molecule has 2 aromatic carbocycles. The number of likely N-dealkylation sites (tertiary alicyclic amines) is 2. The minimum atomic E-state index is -3.37. The number of aliphatic hydroxyl groups is 1. The van der Waals surface area contributed by atoms with Gasteiger partial charge in [-0.05, 0) is 44.9 Å². The van der Waals surface area contributed by atoms with Gasteiger partial charge in [0.2, 0.25) is 5.91 Å². The van der Waals surface area contributed by atoms with Crippen molar-refractivity contribution < 1.29 is 33.4 Å². The molecule has 10 heteroatoms. The van der Waals surface area contributed by atoms with Crippen LogP contribution in [0.4, 0.5) is 8.78 Å². The fourth-order valence-electron chi connectivity index (χ4n) is 5.25. The van der Waals surface area contributed by atoms with Crippen molar-refractivity contribution in [2.24, 2.45) is 0 Å². The maximum absolute atomic E-state index is 15.0. The minimum absolute atomic E-state index is 0.0263. The van der Waals surface area contributed by atoms with Gasteiger partial charge in [-0.3, -0.25) is 14.4 Å². The van der Waals surface area contributed by atoms with E-state index in [0.29, 0.717) is 11.1 Å². The van der Waals surface area contributed by atoms with Gasteiger partial charge in [0.15, 0.2) is 6.10 Å². The van der Waals surface area contributed by atoms with Gasteiger partial charge in [0.1, 0.15) is 17.3 Å². The molecule has 0 spiro atoms. The molecule has 0 aliphatic carbocycles. The lowest BCUT2D eigenvalue weighted by Gasteiger charge is -2.54. The van der Waals surface area contributed by atoms with E-state index in [1.165, 1.54) is 25.1 Å². The summed E-state index contributed by atoms with van der Waals surface area (Å²) in [5.41, 5.74) is -0.717. The normalized spacial score (nSPS) is 24.1. The van der Waals surface area contributed by atoms with E-state index in [4.69, 9.17) is 0 Å². The van der Waals surface area contributed by atoms with Crippen molar-refractivity contribution in [2.45, 2.75) is 56.8 Å². The zero-order valence-electron chi connectivity index (χ0n) is 20.2. The Hall–Kier alpha value is -3.53. The fourth-order valence-corrected chi connectivity index (χ4v) is 5.25. The number of β-lactam (4-membered cyclic amide) rings is 1. The van der Waals surface area contributed by atoms with Crippen molar-refractivity contribution in [3.8, 4) is 5.75 Å². The number of aliphatic hydroxyl groups excluding tert-OH is 1.